The van der Waals surface area contributed by atoms with E-state index in [9.17, 15) is 19.8 Å². The van der Waals surface area contributed by atoms with Crippen LogP contribution in [0.25, 0.3) is 0 Å². The first-order valence-electron chi connectivity index (χ1n) is 4.56. The first-order chi connectivity index (χ1) is 8.61. The molecule has 0 saturated heterocycles. The molecule has 2 aromatic heterocycles. The number of rotatable bonds is 2. The molecule has 0 radical (unpaired) electrons. The molecule has 12 nitrogen and oxygen atoms in total. The predicted molar refractivity (Wildman–Crippen MR) is 61.3 cm³/mol. The maximum Gasteiger partial charge on any atom is 0.104 e. The Kier molecular flexibility index (Phi) is 25.7. The summed E-state index contributed by atoms with van der Waals surface area (Å²) in [6, 6.07) is 0. The molecule has 4 N–H and O–H groups in total. The number of hydrogen-bond acceptors (Lipinski definition) is 8. The van der Waals surface area contributed by atoms with Crippen LogP contribution < -0.4 is 10.2 Å². The van der Waals surface area contributed by atoms with E-state index in [4.69, 9.17) is 0 Å². The van der Waals surface area contributed by atoms with Gasteiger partial charge in [-0.3, -0.25) is 19.9 Å². The van der Waals surface area contributed by atoms with Crippen molar-refractivity contribution in [3.8, 4) is 0 Å². The zero-order chi connectivity index (χ0) is 13.4. The zero-order valence-electron chi connectivity index (χ0n) is 11.2. The molecule has 0 aromatic carbocycles. The summed E-state index contributed by atoms with van der Waals surface area (Å²) in [6.45, 7) is 0. The quantitative estimate of drug-likeness (QED) is 0.352. The molecule has 0 fully saturated rings. The molecule has 0 unspecified atom stereocenters. The number of hydrogen-bond donors (Lipinski definition) is 0. The SMILES string of the molecule is O.O.O=C([O-])c1cnccn1.O=C([O-])c1cnccn1.[O-2].[O-2].[U]. The average molecular weight is 552 g/mol. The maximum atomic E-state index is 9.99. The minimum atomic E-state index is -1.30. The number of carbonyl (C=O) groups is 2. The number of nitrogens with zero attached hydrogens (tertiary/aromatic N) is 4. The summed E-state index contributed by atoms with van der Waals surface area (Å²) < 4.78 is 0. The number of carboxylic acids is 2. The smallest absolute Gasteiger partial charge is 0.104 e. The van der Waals surface area contributed by atoms with Crippen LogP contribution in [0, 0.1) is 31.1 Å². The Labute approximate surface area is 153 Å². The molecule has 23 heavy (non-hydrogen) atoms. The monoisotopic (exact) mass is 552 g/mol. The van der Waals surface area contributed by atoms with Crippen LogP contribution in [-0.4, -0.2) is 42.8 Å². The van der Waals surface area contributed by atoms with E-state index in [-0.39, 0.29) is 64.4 Å². The Morgan fingerprint density at radius 1 is 0.739 bits per heavy atom. The molecular weight excluding hydrogens is 542 g/mol. The molecule has 0 aliphatic rings. The third-order valence-corrected chi connectivity index (χ3v) is 1.54. The molecule has 128 valence electrons. The van der Waals surface area contributed by atoms with E-state index in [1.807, 2.05) is 0 Å². The van der Waals surface area contributed by atoms with Gasteiger partial charge in [-0.15, -0.1) is 0 Å². The zero-order valence-corrected chi connectivity index (χ0v) is 15.4. The van der Waals surface area contributed by atoms with Crippen LogP contribution in [0.1, 0.15) is 21.0 Å². The van der Waals surface area contributed by atoms with Gasteiger partial charge >= 0.3 is 0 Å². The van der Waals surface area contributed by atoms with Crippen LogP contribution in [0.2, 0.25) is 0 Å². The van der Waals surface area contributed by atoms with Crippen LogP contribution in [0.4, 0.5) is 0 Å². The molecule has 0 aliphatic carbocycles. The summed E-state index contributed by atoms with van der Waals surface area (Å²) >= 11 is 0. The molecule has 0 bridgehead atoms. The third-order valence-electron chi connectivity index (χ3n) is 1.54. The number of carboxylic acid groups (broad SMARTS) is 2. The van der Waals surface area contributed by atoms with E-state index >= 15 is 0 Å². The number of aromatic carboxylic acids is 2. The van der Waals surface area contributed by atoms with Crippen molar-refractivity contribution in [1.82, 2.24) is 19.9 Å². The van der Waals surface area contributed by atoms with Gasteiger partial charge in [0.25, 0.3) is 0 Å². The normalized spacial score (nSPS) is 6.96. The van der Waals surface area contributed by atoms with E-state index in [0.717, 1.165) is 12.4 Å². The van der Waals surface area contributed by atoms with E-state index in [0.29, 0.717) is 0 Å². The minimum Gasteiger partial charge on any atom is -2.00 e. The fourth-order valence-corrected chi connectivity index (χ4v) is 0.809. The Balaban J connectivity index is -0.0000000771. The molecule has 2 rings (SSSR count). The van der Waals surface area contributed by atoms with Gasteiger partial charge in [-0.05, 0) is 0 Å². The molecule has 0 atom stereocenters. The Hall–Kier alpha value is -2.01. The average Bonchev–Trinajstić information content (AvgIpc) is 2.41. The summed E-state index contributed by atoms with van der Waals surface area (Å²) in [6.07, 6.45) is 7.65. The number of aromatic nitrogens is 4. The van der Waals surface area contributed by atoms with Gasteiger partial charge in [0, 0.05) is 55.9 Å². The second-order valence-corrected chi connectivity index (χ2v) is 2.76. The maximum absolute atomic E-state index is 9.99. The van der Waals surface area contributed by atoms with Crippen molar-refractivity contribution in [3.63, 3.8) is 0 Å². The van der Waals surface area contributed by atoms with E-state index in [1.54, 1.807) is 0 Å². The van der Waals surface area contributed by atoms with Crippen molar-refractivity contribution in [1.29, 1.82) is 0 Å². The Morgan fingerprint density at radius 2 is 1.04 bits per heavy atom. The summed E-state index contributed by atoms with van der Waals surface area (Å²) in [5, 5.41) is 20.0. The van der Waals surface area contributed by atoms with Gasteiger partial charge in [0.05, 0.1) is 24.3 Å². The topological polar surface area (TPSA) is 252 Å². The van der Waals surface area contributed by atoms with Gasteiger partial charge in [0.15, 0.2) is 0 Å². The molecule has 0 amide bonds. The van der Waals surface area contributed by atoms with E-state index in [2.05, 4.69) is 19.9 Å². The van der Waals surface area contributed by atoms with E-state index in [1.165, 1.54) is 24.8 Å². The standard InChI is InChI=1S/2C5H4N2O2.2H2O.2O.U/c2*8-5(9)4-3-6-1-2-7-4;;;;;/h2*1-3H,(H,8,9);2*1H2;;;/q;;;;2*-2;/p-2. The van der Waals surface area contributed by atoms with Gasteiger partial charge in [-0.2, -0.15) is 0 Å². The summed E-state index contributed by atoms with van der Waals surface area (Å²) in [7, 11) is 0. The second kappa shape index (κ2) is 18.0. The molecule has 0 saturated carbocycles. The Bertz CT molecular complexity index is 481. The van der Waals surface area contributed by atoms with Crippen molar-refractivity contribution in [2.24, 2.45) is 0 Å². The molecule has 0 aliphatic heterocycles. The molecule has 2 heterocycles. The van der Waals surface area contributed by atoms with Crippen molar-refractivity contribution < 1.29 is 72.8 Å². The molecule has 0 spiro atoms. The van der Waals surface area contributed by atoms with Gasteiger partial charge in [-0.1, -0.05) is 0 Å². The largest absolute Gasteiger partial charge is 2.00 e. The summed E-state index contributed by atoms with van der Waals surface area (Å²) in [5.41, 5.74) is -0.282. The van der Waals surface area contributed by atoms with Gasteiger partial charge in [0.1, 0.15) is 11.4 Å². The van der Waals surface area contributed by atoms with Gasteiger partial charge < -0.3 is 41.7 Å². The van der Waals surface area contributed by atoms with Crippen LogP contribution >= 0.6 is 0 Å². The van der Waals surface area contributed by atoms with Crippen LogP contribution in [0.15, 0.2) is 37.2 Å². The first-order valence-corrected chi connectivity index (χ1v) is 4.56. The van der Waals surface area contributed by atoms with E-state index < -0.39 is 11.9 Å². The van der Waals surface area contributed by atoms with Crippen LogP contribution in [0.3, 0.4) is 0 Å². The predicted octanol–water partition coefficient (Wildman–Crippen LogP) is -4.21. The molecule has 13 heteroatoms. The summed E-state index contributed by atoms with van der Waals surface area (Å²) in [4.78, 5) is 33.9. The Morgan fingerprint density at radius 3 is 1.17 bits per heavy atom. The fourth-order valence-electron chi connectivity index (χ4n) is 0.809. The minimum absolute atomic E-state index is 0. The fraction of sp³-hybridized carbons (Fsp3) is 0. The van der Waals surface area contributed by atoms with Gasteiger partial charge in [-0.25, -0.2) is 0 Å². The number of carbonyl (C=O) groups excluding carboxylic acids is 2. The third kappa shape index (κ3) is 13.4. The molecule has 2 aromatic rings. The second-order valence-electron chi connectivity index (χ2n) is 2.76. The molecular formula is C10H10N4O8U-6. The van der Waals surface area contributed by atoms with Crippen molar-refractivity contribution >= 4 is 11.9 Å². The summed E-state index contributed by atoms with van der Waals surface area (Å²) in [5.74, 6) is -2.61. The van der Waals surface area contributed by atoms with Crippen molar-refractivity contribution in [3.05, 3.63) is 48.6 Å². The van der Waals surface area contributed by atoms with Crippen molar-refractivity contribution in [2.45, 2.75) is 0 Å². The van der Waals surface area contributed by atoms with Crippen molar-refractivity contribution in [2.75, 3.05) is 0 Å². The first kappa shape index (κ1) is 32.8. The van der Waals surface area contributed by atoms with Gasteiger partial charge in [0.2, 0.25) is 0 Å². The van der Waals surface area contributed by atoms with Crippen LogP contribution in [-0.2, 0) is 11.0 Å². The van der Waals surface area contributed by atoms with Crippen LogP contribution in [0.5, 0.6) is 0 Å².